The lowest BCUT2D eigenvalue weighted by atomic mass is 9.90. The van der Waals surface area contributed by atoms with E-state index in [0.717, 1.165) is 5.71 Å². The molecule has 4 nitrogen and oxygen atoms in total. The van der Waals surface area contributed by atoms with Crippen molar-refractivity contribution < 1.29 is 14.4 Å². The van der Waals surface area contributed by atoms with Gasteiger partial charge in [-0.3, -0.25) is 0 Å². The maximum Gasteiger partial charge on any atom is 0.354 e. The molecule has 0 radical (unpaired) electrons. The summed E-state index contributed by atoms with van der Waals surface area (Å²) in [7, 11) is 0. The van der Waals surface area contributed by atoms with E-state index in [2.05, 4.69) is 11.1 Å². The fraction of sp³-hybridized carbons (Fsp3) is 0.667. The van der Waals surface area contributed by atoms with Crippen LogP contribution in [0.1, 0.15) is 33.6 Å². The highest BCUT2D eigenvalue weighted by Gasteiger charge is 2.46. The maximum atomic E-state index is 11.8. The number of carbonyl (C=O) groups is 1. The van der Waals surface area contributed by atoms with Crippen LogP contribution in [-0.4, -0.2) is 23.9 Å². The Hall–Kier alpha value is -1.50. The van der Waals surface area contributed by atoms with Gasteiger partial charge in [0.2, 0.25) is 5.60 Å². The van der Waals surface area contributed by atoms with Gasteiger partial charge in [-0.1, -0.05) is 31.8 Å². The van der Waals surface area contributed by atoms with Crippen molar-refractivity contribution in [3.63, 3.8) is 0 Å². The molecule has 0 saturated heterocycles. The van der Waals surface area contributed by atoms with E-state index in [9.17, 15) is 4.79 Å². The second-order valence-electron chi connectivity index (χ2n) is 4.13. The standard InChI is InChI=1S/C12H17NO3/c1-5-7-15-11(14)12(6-2)8-10(9(3)4)13-16-12/h1,9H,6-8H2,2-4H3. The van der Waals surface area contributed by atoms with Gasteiger partial charge in [-0.25, -0.2) is 4.79 Å². The normalized spacial score (nSPS) is 23.6. The number of carbonyl (C=O) groups excluding carboxylic acids is 1. The van der Waals surface area contributed by atoms with Crippen LogP contribution in [0.15, 0.2) is 5.16 Å². The van der Waals surface area contributed by atoms with Gasteiger partial charge in [0.1, 0.15) is 0 Å². The van der Waals surface area contributed by atoms with E-state index in [1.54, 1.807) is 0 Å². The molecule has 1 aliphatic heterocycles. The lowest BCUT2D eigenvalue weighted by molar-refractivity contribution is -0.168. The summed E-state index contributed by atoms with van der Waals surface area (Å²) in [4.78, 5) is 17.1. The summed E-state index contributed by atoms with van der Waals surface area (Å²) < 4.78 is 4.92. The van der Waals surface area contributed by atoms with Crippen molar-refractivity contribution in [1.82, 2.24) is 0 Å². The van der Waals surface area contributed by atoms with E-state index < -0.39 is 11.6 Å². The molecule has 0 aromatic carbocycles. The molecule has 0 bridgehead atoms. The predicted molar refractivity (Wildman–Crippen MR) is 60.8 cm³/mol. The molecule has 4 heteroatoms. The first-order valence-electron chi connectivity index (χ1n) is 5.41. The van der Waals surface area contributed by atoms with Crippen LogP contribution in [0.25, 0.3) is 0 Å². The first kappa shape index (κ1) is 12.6. The van der Waals surface area contributed by atoms with Gasteiger partial charge in [0, 0.05) is 6.42 Å². The molecule has 1 unspecified atom stereocenters. The molecule has 0 saturated carbocycles. The van der Waals surface area contributed by atoms with Crippen molar-refractivity contribution >= 4 is 11.7 Å². The molecule has 1 atom stereocenters. The van der Waals surface area contributed by atoms with Crippen molar-refractivity contribution in [2.75, 3.05) is 6.61 Å². The number of esters is 1. The van der Waals surface area contributed by atoms with Gasteiger partial charge in [-0.15, -0.1) is 6.42 Å². The summed E-state index contributed by atoms with van der Waals surface area (Å²) in [6.07, 6.45) is 6.05. The first-order valence-corrected chi connectivity index (χ1v) is 5.41. The third kappa shape index (κ3) is 2.35. The quantitative estimate of drug-likeness (QED) is 0.539. The average Bonchev–Trinajstić information content (AvgIpc) is 2.71. The summed E-state index contributed by atoms with van der Waals surface area (Å²) >= 11 is 0. The predicted octanol–water partition coefficient (Wildman–Crippen LogP) is 1.74. The Kier molecular flexibility index (Phi) is 3.94. The first-order chi connectivity index (χ1) is 7.55. The van der Waals surface area contributed by atoms with Crippen molar-refractivity contribution in [1.29, 1.82) is 0 Å². The number of hydrogen-bond acceptors (Lipinski definition) is 4. The summed E-state index contributed by atoms with van der Waals surface area (Å²) in [6.45, 7) is 5.87. The third-order valence-electron chi connectivity index (χ3n) is 2.70. The van der Waals surface area contributed by atoms with Gasteiger partial charge in [0.25, 0.3) is 0 Å². The van der Waals surface area contributed by atoms with Gasteiger partial charge < -0.3 is 9.57 Å². The number of nitrogens with zero attached hydrogens (tertiary/aromatic N) is 1. The fourth-order valence-electron chi connectivity index (χ4n) is 1.49. The molecule has 0 aromatic heterocycles. The smallest absolute Gasteiger partial charge is 0.354 e. The van der Waals surface area contributed by atoms with E-state index in [4.69, 9.17) is 16.0 Å². The molecule has 1 rings (SSSR count). The lowest BCUT2D eigenvalue weighted by Gasteiger charge is -2.22. The Balaban J connectivity index is 2.69. The summed E-state index contributed by atoms with van der Waals surface area (Å²) in [5.74, 6) is 2.11. The fourth-order valence-corrected chi connectivity index (χ4v) is 1.49. The molecule has 0 amide bonds. The minimum Gasteiger partial charge on any atom is -0.449 e. The minimum atomic E-state index is -0.962. The third-order valence-corrected chi connectivity index (χ3v) is 2.70. The Morgan fingerprint density at radius 3 is 2.88 bits per heavy atom. The average molecular weight is 223 g/mol. The molecule has 1 aliphatic rings. The summed E-state index contributed by atoms with van der Waals surface area (Å²) in [5.41, 5.74) is -0.0734. The van der Waals surface area contributed by atoms with Crippen molar-refractivity contribution in [3.8, 4) is 12.3 Å². The van der Waals surface area contributed by atoms with Crippen LogP contribution in [-0.2, 0) is 14.4 Å². The SMILES string of the molecule is C#CCOC(=O)C1(CC)CC(C(C)C)=NO1. The van der Waals surface area contributed by atoms with Crippen LogP contribution >= 0.6 is 0 Å². The molecule has 0 spiro atoms. The number of terminal acetylenes is 1. The molecule has 0 aromatic rings. The van der Waals surface area contributed by atoms with Crippen molar-refractivity contribution in [3.05, 3.63) is 0 Å². The Bertz CT molecular complexity index is 341. The molecule has 0 aliphatic carbocycles. The molecular weight excluding hydrogens is 206 g/mol. The lowest BCUT2D eigenvalue weighted by Crippen LogP contribution is -2.40. The van der Waals surface area contributed by atoms with E-state index in [-0.39, 0.29) is 12.5 Å². The minimum absolute atomic E-state index is 0.0268. The van der Waals surface area contributed by atoms with Crippen LogP contribution in [0.5, 0.6) is 0 Å². The van der Waals surface area contributed by atoms with Crippen LogP contribution in [0.3, 0.4) is 0 Å². The zero-order valence-corrected chi connectivity index (χ0v) is 9.95. The van der Waals surface area contributed by atoms with Crippen LogP contribution in [0.4, 0.5) is 0 Å². The number of oxime groups is 1. The molecule has 0 fully saturated rings. The highest BCUT2D eigenvalue weighted by atomic mass is 16.7. The van der Waals surface area contributed by atoms with Crippen molar-refractivity contribution in [2.24, 2.45) is 11.1 Å². The van der Waals surface area contributed by atoms with Crippen molar-refractivity contribution in [2.45, 2.75) is 39.2 Å². The number of ether oxygens (including phenoxy) is 1. The van der Waals surface area contributed by atoms with Gasteiger partial charge >= 0.3 is 5.97 Å². The number of rotatable bonds is 4. The summed E-state index contributed by atoms with van der Waals surface area (Å²) in [6, 6.07) is 0. The van der Waals surface area contributed by atoms with E-state index >= 15 is 0 Å². The Morgan fingerprint density at radius 2 is 2.44 bits per heavy atom. The van der Waals surface area contributed by atoms with Crippen LogP contribution in [0, 0.1) is 18.3 Å². The molecule has 0 N–H and O–H groups in total. The van der Waals surface area contributed by atoms with Crippen LogP contribution < -0.4 is 0 Å². The second-order valence-corrected chi connectivity index (χ2v) is 4.13. The van der Waals surface area contributed by atoms with Gasteiger partial charge in [0.15, 0.2) is 6.61 Å². The largest absolute Gasteiger partial charge is 0.449 e. The Labute approximate surface area is 96.0 Å². The zero-order valence-electron chi connectivity index (χ0n) is 9.95. The van der Waals surface area contributed by atoms with Crippen LogP contribution in [0.2, 0.25) is 0 Å². The summed E-state index contributed by atoms with van der Waals surface area (Å²) in [5, 5.41) is 3.95. The topological polar surface area (TPSA) is 47.9 Å². The van der Waals surface area contributed by atoms with E-state index in [1.165, 1.54) is 0 Å². The maximum absolute atomic E-state index is 11.8. The zero-order chi connectivity index (χ0) is 12.2. The Morgan fingerprint density at radius 1 is 1.75 bits per heavy atom. The highest BCUT2D eigenvalue weighted by molar-refractivity contribution is 5.94. The van der Waals surface area contributed by atoms with Gasteiger partial charge in [0.05, 0.1) is 5.71 Å². The monoisotopic (exact) mass is 223 g/mol. The molecular formula is C12H17NO3. The number of hydrogen-bond donors (Lipinski definition) is 0. The highest BCUT2D eigenvalue weighted by Crippen LogP contribution is 2.31. The second kappa shape index (κ2) is 5.02. The molecule has 88 valence electrons. The molecule has 1 heterocycles. The van der Waals surface area contributed by atoms with E-state index in [0.29, 0.717) is 12.8 Å². The van der Waals surface area contributed by atoms with E-state index in [1.807, 2.05) is 20.8 Å². The molecule has 16 heavy (non-hydrogen) atoms. The van der Waals surface area contributed by atoms with Gasteiger partial charge in [-0.2, -0.15) is 0 Å². The van der Waals surface area contributed by atoms with Gasteiger partial charge in [-0.05, 0) is 12.3 Å².